The van der Waals surface area contributed by atoms with E-state index < -0.39 is 0 Å². The highest BCUT2D eigenvalue weighted by Crippen LogP contribution is 2.07. The number of rotatable bonds is 7. The van der Waals surface area contributed by atoms with E-state index >= 15 is 0 Å². The van der Waals surface area contributed by atoms with Crippen molar-refractivity contribution >= 4 is 0 Å². The molecule has 1 aromatic heterocycles. The van der Waals surface area contributed by atoms with Gasteiger partial charge in [0, 0.05) is 26.2 Å². The van der Waals surface area contributed by atoms with Gasteiger partial charge in [-0.2, -0.15) is 5.10 Å². The van der Waals surface area contributed by atoms with Crippen molar-refractivity contribution in [3.8, 4) is 0 Å². The molecule has 4 heteroatoms. The quantitative estimate of drug-likeness (QED) is 0.706. The Morgan fingerprint density at radius 1 is 1.62 bits per heavy atom. The molecule has 4 nitrogen and oxygen atoms in total. The predicted octanol–water partition coefficient (Wildman–Crippen LogP) is 1.19. The third-order valence-electron chi connectivity index (χ3n) is 2.47. The second kappa shape index (κ2) is 6.45. The molecule has 1 aromatic rings. The van der Waals surface area contributed by atoms with E-state index in [1.165, 1.54) is 5.69 Å². The number of hydrogen-bond acceptors (Lipinski definition) is 3. The van der Waals surface area contributed by atoms with Crippen molar-refractivity contribution in [2.45, 2.75) is 26.9 Å². The third-order valence-corrected chi connectivity index (χ3v) is 2.47. The standard InChI is InChI=1S/C12H21N3O/c1-4-6-14(7-8-16)10-12-9-11(3)13-15(12)5-2/h4,9,16H,1,5-8,10H2,2-3H3. The lowest BCUT2D eigenvalue weighted by molar-refractivity contribution is 0.200. The van der Waals surface area contributed by atoms with E-state index in [-0.39, 0.29) is 6.61 Å². The largest absolute Gasteiger partial charge is 0.395 e. The summed E-state index contributed by atoms with van der Waals surface area (Å²) in [6.45, 7) is 11.1. The van der Waals surface area contributed by atoms with Gasteiger partial charge in [0.05, 0.1) is 18.0 Å². The second-order valence-corrected chi connectivity index (χ2v) is 3.84. The molecule has 0 spiro atoms. The molecule has 90 valence electrons. The van der Waals surface area contributed by atoms with E-state index in [4.69, 9.17) is 5.11 Å². The summed E-state index contributed by atoms with van der Waals surface area (Å²) in [6, 6.07) is 2.09. The van der Waals surface area contributed by atoms with Gasteiger partial charge in [0.1, 0.15) is 0 Å². The van der Waals surface area contributed by atoms with Gasteiger partial charge < -0.3 is 5.11 Å². The number of nitrogens with zero attached hydrogens (tertiary/aromatic N) is 3. The van der Waals surface area contributed by atoms with Crippen molar-refractivity contribution in [2.24, 2.45) is 0 Å². The van der Waals surface area contributed by atoms with Crippen LogP contribution >= 0.6 is 0 Å². The summed E-state index contributed by atoms with van der Waals surface area (Å²) in [5.41, 5.74) is 2.23. The molecule has 0 aliphatic carbocycles. The van der Waals surface area contributed by atoms with Crippen molar-refractivity contribution in [3.63, 3.8) is 0 Å². The predicted molar refractivity (Wildman–Crippen MR) is 65.2 cm³/mol. The maximum Gasteiger partial charge on any atom is 0.0597 e. The first kappa shape index (κ1) is 12.9. The van der Waals surface area contributed by atoms with Crippen LogP contribution in [-0.4, -0.2) is 39.5 Å². The average Bonchev–Trinajstić information content (AvgIpc) is 2.59. The molecular weight excluding hydrogens is 202 g/mol. The number of aromatic nitrogens is 2. The van der Waals surface area contributed by atoms with E-state index in [1.54, 1.807) is 0 Å². The van der Waals surface area contributed by atoms with Crippen LogP contribution in [-0.2, 0) is 13.1 Å². The fourth-order valence-electron chi connectivity index (χ4n) is 1.79. The summed E-state index contributed by atoms with van der Waals surface area (Å²) in [5, 5.41) is 13.4. The highest BCUT2D eigenvalue weighted by Gasteiger charge is 2.08. The van der Waals surface area contributed by atoms with Crippen molar-refractivity contribution in [2.75, 3.05) is 19.7 Å². The lowest BCUT2D eigenvalue weighted by atomic mass is 10.3. The van der Waals surface area contributed by atoms with Crippen LogP contribution in [0.2, 0.25) is 0 Å². The van der Waals surface area contributed by atoms with E-state index in [0.29, 0.717) is 6.54 Å². The maximum atomic E-state index is 8.97. The summed E-state index contributed by atoms with van der Waals surface area (Å²) in [6.07, 6.45) is 1.86. The van der Waals surface area contributed by atoms with Gasteiger partial charge in [-0.05, 0) is 19.9 Å². The molecule has 0 radical (unpaired) electrons. The van der Waals surface area contributed by atoms with Gasteiger partial charge >= 0.3 is 0 Å². The van der Waals surface area contributed by atoms with Crippen LogP contribution in [0.25, 0.3) is 0 Å². The summed E-state index contributed by atoms with van der Waals surface area (Å²) in [7, 11) is 0. The van der Waals surface area contributed by atoms with Gasteiger partial charge in [-0.1, -0.05) is 6.08 Å². The first-order chi connectivity index (χ1) is 7.71. The third kappa shape index (κ3) is 3.47. The summed E-state index contributed by atoms with van der Waals surface area (Å²) in [5.74, 6) is 0. The number of aliphatic hydroxyl groups excluding tert-OH is 1. The minimum atomic E-state index is 0.174. The Kier molecular flexibility index (Phi) is 5.22. The first-order valence-electron chi connectivity index (χ1n) is 5.68. The highest BCUT2D eigenvalue weighted by atomic mass is 16.3. The number of hydrogen-bond donors (Lipinski definition) is 1. The molecule has 0 amide bonds. The first-order valence-corrected chi connectivity index (χ1v) is 5.68. The molecule has 0 aliphatic rings. The lowest BCUT2D eigenvalue weighted by Crippen LogP contribution is -2.27. The minimum Gasteiger partial charge on any atom is -0.395 e. The van der Waals surface area contributed by atoms with Crippen LogP contribution in [0.5, 0.6) is 0 Å². The van der Waals surface area contributed by atoms with Crippen LogP contribution in [0.3, 0.4) is 0 Å². The molecule has 0 atom stereocenters. The van der Waals surface area contributed by atoms with Crippen molar-refractivity contribution in [1.82, 2.24) is 14.7 Å². The Bertz CT molecular complexity index is 333. The van der Waals surface area contributed by atoms with Gasteiger partial charge in [0.15, 0.2) is 0 Å². The molecule has 1 rings (SSSR count). The van der Waals surface area contributed by atoms with Crippen molar-refractivity contribution in [3.05, 3.63) is 30.1 Å². The normalized spacial score (nSPS) is 11.0. The monoisotopic (exact) mass is 223 g/mol. The maximum absolute atomic E-state index is 8.97. The Labute approximate surface area is 97.2 Å². The number of aliphatic hydroxyl groups is 1. The average molecular weight is 223 g/mol. The Balaban J connectivity index is 2.71. The van der Waals surface area contributed by atoms with Crippen LogP contribution < -0.4 is 0 Å². The zero-order valence-electron chi connectivity index (χ0n) is 10.2. The molecule has 0 aromatic carbocycles. The van der Waals surface area contributed by atoms with Gasteiger partial charge in [-0.15, -0.1) is 6.58 Å². The topological polar surface area (TPSA) is 41.3 Å². The molecule has 0 saturated carbocycles. The minimum absolute atomic E-state index is 0.174. The Hall–Kier alpha value is -1.13. The molecule has 0 aliphatic heterocycles. The fraction of sp³-hybridized carbons (Fsp3) is 0.583. The molecule has 0 unspecified atom stereocenters. The number of aryl methyl sites for hydroxylation is 2. The Morgan fingerprint density at radius 2 is 2.38 bits per heavy atom. The summed E-state index contributed by atoms with van der Waals surface area (Å²) in [4.78, 5) is 2.15. The van der Waals surface area contributed by atoms with Gasteiger partial charge in [0.2, 0.25) is 0 Å². The van der Waals surface area contributed by atoms with Gasteiger partial charge in [0.25, 0.3) is 0 Å². The van der Waals surface area contributed by atoms with Crippen LogP contribution in [0.4, 0.5) is 0 Å². The van der Waals surface area contributed by atoms with E-state index in [2.05, 4.69) is 29.6 Å². The van der Waals surface area contributed by atoms with Crippen molar-refractivity contribution in [1.29, 1.82) is 0 Å². The zero-order valence-corrected chi connectivity index (χ0v) is 10.2. The summed E-state index contributed by atoms with van der Waals surface area (Å²) >= 11 is 0. The van der Waals surface area contributed by atoms with Gasteiger partial charge in [-0.25, -0.2) is 0 Å². The molecule has 0 saturated heterocycles. The summed E-state index contributed by atoms with van der Waals surface area (Å²) < 4.78 is 2.00. The SMILES string of the molecule is C=CCN(CCO)Cc1cc(C)nn1CC. The molecule has 0 bridgehead atoms. The molecule has 1 heterocycles. The van der Waals surface area contributed by atoms with Crippen molar-refractivity contribution < 1.29 is 5.11 Å². The van der Waals surface area contributed by atoms with Crippen LogP contribution in [0, 0.1) is 6.92 Å². The molecule has 16 heavy (non-hydrogen) atoms. The van der Waals surface area contributed by atoms with Gasteiger partial charge in [-0.3, -0.25) is 9.58 Å². The fourth-order valence-corrected chi connectivity index (χ4v) is 1.79. The second-order valence-electron chi connectivity index (χ2n) is 3.84. The molecule has 1 N–H and O–H groups in total. The van der Waals surface area contributed by atoms with Crippen LogP contribution in [0.1, 0.15) is 18.3 Å². The Morgan fingerprint density at radius 3 is 2.94 bits per heavy atom. The molecule has 0 fully saturated rings. The zero-order chi connectivity index (χ0) is 12.0. The van der Waals surface area contributed by atoms with E-state index in [0.717, 1.165) is 25.3 Å². The molecular formula is C12H21N3O. The smallest absolute Gasteiger partial charge is 0.0597 e. The van der Waals surface area contributed by atoms with E-state index in [9.17, 15) is 0 Å². The highest BCUT2D eigenvalue weighted by molar-refractivity contribution is 5.09. The van der Waals surface area contributed by atoms with E-state index in [1.807, 2.05) is 17.7 Å². The lowest BCUT2D eigenvalue weighted by Gasteiger charge is -2.19. The van der Waals surface area contributed by atoms with Crippen LogP contribution in [0.15, 0.2) is 18.7 Å².